The average molecular weight is 293 g/mol. The number of rotatable bonds is 4. The van der Waals surface area contributed by atoms with Gasteiger partial charge in [0, 0.05) is 30.1 Å². The molecule has 108 valence electrons. The highest BCUT2D eigenvalue weighted by Gasteiger charge is 2.40. The van der Waals surface area contributed by atoms with Gasteiger partial charge in [0.1, 0.15) is 0 Å². The first kappa shape index (κ1) is 13.9. The summed E-state index contributed by atoms with van der Waals surface area (Å²) < 4.78 is 0. The van der Waals surface area contributed by atoms with Crippen LogP contribution in [0.4, 0.5) is 0 Å². The molecule has 0 spiro atoms. The predicted molar refractivity (Wildman–Crippen MR) is 81.2 cm³/mol. The number of carbonyl (C=O) groups excluding carboxylic acids is 1. The van der Waals surface area contributed by atoms with Gasteiger partial charge in [-0.1, -0.05) is 12.1 Å². The summed E-state index contributed by atoms with van der Waals surface area (Å²) in [6, 6.07) is 9.17. The summed E-state index contributed by atoms with van der Waals surface area (Å²) in [7, 11) is 0. The topological polar surface area (TPSA) is 46.3 Å². The number of nitrogens with two attached hydrogens (primary N) is 1. The van der Waals surface area contributed by atoms with Crippen molar-refractivity contribution in [3.63, 3.8) is 0 Å². The van der Waals surface area contributed by atoms with E-state index in [0.29, 0.717) is 23.6 Å². The third kappa shape index (κ3) is 2.57. The molecular formula is C16H21ClN2O. The highest BCUT2D eigenvalue weighted by Crippen LogP contribution is 2.42. The van der Waals surface area contributed by atoms with E-state index in [1.807, 2.05) is 12.1 Å². The lowest BCUT2D eigenvalue weighted by Crippen LogP contribution is -2.43. The summed E-state index contributed by atoms with van der Waals surface area (Å²) in [6.45, 7) is 1.00. The van der Waals surface area contributed by atoms with E-state index in [9.17, 15) is 4.79 Å². The van der Waals surface area contributed by atoms with Crippen LogP contribution in [-0.2, 0) is 0 Å². The number of amides is 1. The Hall–Kier alpha value is -1.06. The van der Waals surface area contributed by atoms with E-state index in [1.165, 1.54) is 31.2 Å². The van der Waals surface area contributed by atoms with Crippen molar-refractivity contribution in [2.75, 3.05) is 12.4 Å². The van der Waals surface area contributed by atoms with Crippen LogP contribution in [-0.4, -0.2) is 35.3 Å². The van der Waals surface area contributed by atoms with Gasteiger partial charge >= 0.3 is 0 Å². The third-order valence-corrected chi connectivity index (χ3v) is 5.04. The third-order valence-electron chi connectivity index (χ3n) is 4.87. The van der Waals surface area contributed by atoms with E-state index in [2.05, 4.69) is 11.0 Å². The van der Waals surface area contributed by atoms with Crippen LogP contribution in [0.5, 0.6) is 0 Å². The van der Waals surface area contributed by atoms with Gasteiger partial charge in [-0.3, -0.25) is 9.69 Å². The Kier molecular flexibility index (Phi) is 3.99. The lowest BCUT2D eigenvalue weighted by molar-refractivity contribution is 0.1000. The van der Waals surface area contributed by atoms with Crippen LogP contribution in [0.1, 0.15) is 47.5 Å². The second-order valence-corrected chi connectivity index (χ2v) is 6.35. The number of hydrogen-bond donors (Lipinski definition) is 1. The van der Waals surface area contributed by atoms with Crippen LogP contribution in [0.25, 0.3) is 0 Å². The molecule has 2 aliphatic heterocycles. The summed E-state index contributed by atoms with van der Waals surface area (Å²) >= 11 is 5.91. The molecule has 4 heteroatoms. The Morgan fingerprint density at radius 1 is 1.30 bits per heavy atom. The summed E-state index contributed by atoms with van der Waals surface area (Å²) in [5, 5.41) is 0. The van der Waals surface area contributed by atoms with Gasteiger partial charge in [0.15, 0.2) is 0 Å². The fraction of sp³-hybridized carbons (Fsp3) is 0.562. The van der Waals surface area contributed by atoms with Gasteiger partial charge in [-0.25, -0.2) is 0 Å². The second-order valence-electron chi connectivity index (χ2n) is 5.97. The minimum absolute atomic E-state index is 0.339. The monoisotopic (exact) mass is 292 g/mol. The number of piperidine rings is 1. The maximum atomic E-state index is 11.3. The molecule has 2 saturated heterocycles. The Bertz CT molecular complexity index is 491. The van der Waals surface area contributed by atoms with Crippen LogP contribution in [0, 0.1) is 0 Å². The van der Waals surface area contributed by atoms with Crippen LogP contribution in [0.2, 0.25) is 0 Å². The Morgan fingerprint density at radius 3 is 2.60 bits per heavy atom. The molecule has 1 aromatic rings. The molecule has 2 fully saturated rings. The summed E-state index contributed by atoms with van der Waals surface area (Å²) in [4.78, 5) is 13.9. The standard InChI is InChI=1S/C16H21ClN2O/c17-6-7-19-14-4-5-15(19)10-13(9-14)11-2-1-3-12(8-11)16(18)20/h1-3,8,13-15H,4-7,9-10H2,(H2,18,20). The van der Waals surface area contributed by atoms with Gasteiger partial charge in [-0.2, -0.15) is 0 Å². The van der Waals surface area contributed by atoms with Gasteiger partial charge in [0.25, 0.3) is 0 Å². The van der Waals surface area contributed by atoms with Crippen molar-refractivity contribution in [2.24, 2.45) is 5.73 Å². The van der Waals surface area contributed by atoms with Crippen molar-refractivity contribution in [3.8, 4) is 0 Å². The quantitative estimate of drug-likeness (QED) is 0.868. The molecule has 0 radical (unpaired) electrons. The molecule has 2 unspecified atom stereocenters. The first-order valence-corrected chi connectivity index (χ1v) is 7.94. The van der Waals surface area contributed by atoms with E-state index in [1.54, 1.807) is 6.07 Å². The number of primary amides is 1. The molecule has 3 nitrogen and oxygen atoms in total. The van der Waals surface area contributed by atoms with Gasteiger partial charge in [0.2, 0.25) is 5.91 Å². The molecule has 1 amide bonds. The predicted octanol–water partition coefficient (Wildman–Crippen LogP) is 2.73. The van der Waals surface area contributed by atoms with Crippen LogP contribution >= 0.6 is 11.6 Å². The first-order valence-electron chi connectivity index (χ1n) is 7.40. The Labute approximate surface area is 125 Å². The summed E-state index contributed by atoms with van der Waals surface area (Å²) in [5.41, 5.74) is 7.27. The fourth-order valence-electron chi connectivity index (χ4n) is 3.95. The normalized spacial score (nSPS) is 29.6. The van der Waals surface area contributed by atoms with Gasteiger partial charge in [0.05, 0.1) is 0 Å². The number of halogens is 1. The molecule has 1 aromatic carbocycles. The fourth-order valence-corrected chi connectivity index (χ4v) is 4.15. The number of alkyl halides is 1. The molecule has 2 N–H and O–H groups in total. The van der Waals surface area contributed by atoms with Gasteiger partial charge < -0.3 is 5.73 Å². The number of fused-ring (bicyclic) bond motifs is 2. The molecule has 2 aliphatic rings. The minimum Gasteiger partial charge on any atom is -0.366 e. The zero-order valence-electron chi connectivity index (χ0n) is 11.6. The highest BCUT2D eigenvalue weighted by molar-refractivity contribution is 6.18. The van der Waals surface area contributed by atoms with E-state index in [-0.39, 0.29) is 5.91 Å². The minimum atomic E-state index is -0.339. The van der Waals surface area contributed by atoms with E-state index in [0.717, 1.165) is 12.4 Å². The zero-order chi connectivity index (χ0) is 14.1. The van der Waals surface area contributed by atoms with E-state index >= 15 is 0 Å². The molecule has 3 rings (SSSR count). The van der Waals surface area contributed by atoms with Crippen molar-refractivity contribution < 1.29 is 4.79 Å². The van der Waals surface area contributed by atoms with Crippen molar-refractivity contribution in [3.05, 3.63) is 35.4 Å². The SMILES string of the molecule is NC(=O)c1cccc(C2CC3CCC(C2)N3CCCl)c1. The van der Waals surface area contributed by atoms with Gasteiger partial charge in [-0.05, 0) is 49.3 Å². The second kappa shape index (κ2) is 5.74. The molecule has 2 bridgehead atoms. The van der Waals surface area contributed by atoms with Gasteiger partial charge in [-0.15, -0.1) is 11.6 Å². The molecule has 0 saturated carbocycles. The summed E-state index contributed by atoms with van der Waals surface area (Å²) in [5.74, 6) is 0.933. The number of nitrogens with zero attached hydrogens (tertiary/aromatic N) is 1. The van der Waals surface area contributed by atoms with Crippen molar-refractivity contribution in [1.29, 1.82) is 0 Å². The molecular weight excluding hydrogens is 272 g/mol. The van der Waals surface area contributed by atoms with Crippen LogP contribution < -0.4 is 5.73 Å². The molecule has 20 heavy (non-hydrogen) atoms. The highest BCUT2D eigenvalue weighted by atomic mass is 35.5. The van der Waals surface area contributed by atoms with Crippen molar-refractivity contribution in [2.45, 2.75) is 43.7 Å². The Balaban J connectivity index is 1.77. The summed E-state index contributed by atoms with van der Waals surface area (Å²) in [6.07, 6.45) is 4.92. The van der Waals surface area contributed by atoms with Crippen molar-refractivity contribution in [1.82, 2.24) is 4.90 Å². The maximum Gasteiger partial charge on any atom is 0.248 e. The molecule has 2 atom stereocenters. The largest absolute Gasteiger partial charge is 0.366 e. The Morgan fingerprint density at radius 2 is 2.00 bits per heavy atom. The maximum absolute atomic E-state index is 11.3. The lowest BCUT2D eigenvalue weighted by Gasteiger charge is -2.39. The van der Waals surface area contributed by atoms with Crippen LogP contribution in [0.15, 0.2) is 24.3 Å². The lowest BCUT2D eigenvalue weighted by atomic mass is 9.84. The molecule has 0 aromatic heterocycles. The zero-order valence-corrected chi connectivity index (χ0v) is 12.4. The number of hydrogen-bond acceptors (Lipinski definition) is 2. The number of carbonyl (C=O) groups is 1. The van der Waals surface area contributed by atoms with Crippen molar-refractivity contribution >= 4 is 17.5 Å². The van der Waals surface area contributed by atoms with Crippen LogP contribution in [0.3, 0.4) is 0 Å². The van der Waals surface area contributed by atoms with E-state index < -0.39 is 0 Å². The molecule has 0 aliphatic carbocycles. The van der Waals surface area contributed by atoms with E-state index in [4.69, 9.17) is 17.3 Å². The molecule has 2 heterocycles. The average Bonchev–Trinajstić information content (AvgIpc) is 2.70. The first-order chi connectivity index (χ1) is 9.69. The smallest absolute Gasteiger partial charge is 0.248 e. The number of benzene rings is 1.